The molecule has 2 rings (SSSR count). The van der Waals surface area contributed by atoms with Crippen molar-refractivity contribution in [1.29, 1.82) is 0 Å². The summed E-state index contributed by atoms with van der Waals surface area (Å²) in [5, 5.41) is 0. The molecule has 0 aliphatic rings. The normalized spacial score (nSPS) is 10.2. The molecule has 0 bridgehead atoms. The van der Waals surface area contributed by atoms with E-state index in [1.54, 1.807) is 23.9 Å². The van der Waals surface area contributed by atoms with E-state index < -0.39 is 5.91 Å². The van der Waals surface area contributed by atoms with Crippen molar-refractivity contribution in [1.82, 2.24) is 0 Å². The van der Waals surface area contributed by atoms with Crippen molar-refractivity contribution in [3.8, 4) is 11.3 Å². The highest BCUT2D eigenvalue weighted by Crippen LogP contribution is 2.27. The van der Waals surface area contributed by atoms with Gasteiger partial charge in [0, 0.05) is 10.5 Å². The van der Waals surface area contributed by atoms with Gasteiger partial charge in [-0.1, -0.05) is 19.1 Å². The Hall–Kier alpha value is -2.21. The number of benzene rings is 1. The maximum atomic E-state index is 11.6. The lowest BCUT2D eigenvalue weighted by atomic mass is 10.2. The van der Waals surface area contributed by atoms with E-state index in [4.69, 9.17) is 15.9 Å². The van der Waals surface area contributed by atoms with Crippen LogP contribution >= 0.6 is 11.8 Å². The van der Waals surface area contributed by atoms with E-state index in [0.29, 0.717) is 5.76 Å². The average molecular weight is 289 g/mol. The first-order valence-corrected chi connectivity index (χ1v) is 7.05. The summed E-state index contributed by atoms with van der Waals surface area (Å²) < 4.78 is 5.49. The average Bonchev–Trinajstić information content (AvgIpc) is 2.88. The Labute approximate surface area is 121 Å². The number of rotatable bonds is 4. The zero-order valence-electron chi connectivity index (χ0n) is 11.0. The van der Waals surface area contributed by atoms with Crippen molar-refractivity contribution in [3.63, 3.8) is 0 Å². The molecule has 2 aromatic rings. The van der Waals surface area contributed by atoms with E-state index in [1.807, 2.05) is 24.3 Å². The lowest BCUT2D eigenvalue weighted by Gasteiger charge is -2.01. The van der Waals surface area contributed by atoms with Crippen LogP contribution in [0, 0.1) is 0 Å². The van der Waals surface area contributed by atoms with Crippen LogP contribution in [-0.2, 0) is 0 Å². The summed E-state index contributed by atoms with van der Waals surface area (Å²) in [6, 6.07) is 11.2. The fourth-order valence-electron chi connectivity index (χ4n) is 1.69. The van der Waals surface area contributed by atoms with Crippen LogP contribution in [0.1, 0.15) is 17.5 Å². The van der Waals surface area contributed by atoms with E-state index in [2.05, 4.69) is 11.9 Å². The van der Waals surface area contributed by atoms with Crippen LogP contribution in [0.25, 0.3) is 11.3 Å². The van der Waals surface area contributed by atoms with Crippen LogP contribution < -0.4 is 11.5 Å². The van der Waals surface area contributed by atoms with Crippen molar-refractivity contribution >= 4 is 23.6 Å². The molecule has 0 radical (unpaired) electrons. The Kier molecular flexibility index (Phi) is 4.47. The van der Waals surface area contributed by atoms with E-state index in [9.17, 15) is 4.79 Å². The van der Waals surface area contributed by atoms with Gasteiger partial charge in [0.05, 0.1) is 0 Å². The molecule has 20 heavy (non-hydrogen) atoms. The summed E-state index contributed by atoms with van der Waals surface area (Å²) >= 11 is 1.74. The molecular weight excluding hydrogens is 274 g/mol. The Morgan fingerprint density at radius 3 is 2.80 bits per heavy atom. The number of hydrogen-bond donors (Lipinski definition) is 2. The lowest BCUT2D eigenvalue weighted by Crippen LogP contribution is -2.24. The number of thioether (sulfide) groups is 1. The summed E-state index contributed by atoms with van der Waals surface area (Å²) in [5.41, 5.74) is 11.2. The number of amides is 1. The Bertz CT molecular complexity index is 645. The van der Waals surface area contributed by atoms with Gasteiger partial charge in [-0.25, -0.2) is 0 Å². The summed E-state index contributed by atoms with van der Waals surface area (Å²) in [4.78, 5) is 16.2. The standard InChI is InChI=1S/C14H15N3O2S/c1-2-20-10-5-3-4-9(8-10)11-6-7-12(19-11)13(18)17-14(15)16/h3-8H,2H2,1H3,(H4,15,16,17,18). The minimum absolute atomic E-state index is 0.113. The highest BCUT2D eigenvalue weighted by molar-refractivity contribution is 7.99. The molecular formula is C14H15N3O2S. The van der Waals surface area contributed by atoms with Crippen molar-refractivity contribution < 1.29 is 9.21 Å². The SMILES string of the molecule is CCSc1cccc(-c2ccc(C(=O)N=C(N)N)o2)c1. The highest BCUT2D eigenvalue weighted by Gasteiger charge is 2.12. The minimum atomic E-state index is -0.588. The van der Waals surface area contributed by atoms with E-state index in [-0.39, 0.29) is 11.7 Å². The molecule has 1 amide bonds. The zero-order chi connectivity index (χ0) is 14.5. The lowest BCUT2D eigenvalue weighted by molar-refractivity contribution is 0.0977. The van der Waals surface area contributed by atoms with Crippen molar-refractivity contribution in [2.75, 3.05) is 5.75 Å². The molecule has 0 saturated carbocycles. The van der Waals surface area contributed by atoms with Gasteiger partial charge in [-0.3, -0.25) is 4.79 Å². The first-order chi connectivity index (χ1) is 9.60. The Morgan fingerprint density at radius 1 is 1.30 bits per heavy atom. The molecule has 1 aromatic heterocycles. The van der Waals surface area contributed by atoms with Gasteiger partial charge < -0.3 is 15.9 Å². The van der Waals surface area contributed by atoms with E-state index >= 15 is 0 Å². The maximum Gasteiger partial charge on any atom is 0.315 e. The number of nitrogens with zero attached hydrogens (tertiary/aromatic N) is 1. The number of furan rings is 1. The Morgan fingerprint density at radius 2 is 2.10 bits per heavy atom. The van der Waals surface area contributed by atoms with Crippen molar-refractivity contribution in [2.45, 2.75) is 11.8 Å². The van der Waals surface area contributed by atoms with Gasteiger partial charge in [0.15, 0.2) is 11.7 Å². The van der Waals surface area contributed by atoms with Crippen LogP contribution in [0.2, 0.25) is 0 Å². The second-order valence-electron chi connectivity index (χ2n) is 3.97. The third-order valence-electron chi connectivity index (χ3n) is 2.48. The fourth-order valence-corrected chi connectivity index (χ4v) is 2.40. The largest absolute Gasteiger partial charge is 0.451 e. The smallest absolute Gasteiger partial charge is 0.315 e. The molecule has 5 nitrogen and oxygen atoms in total. The molecule has 0 unspecified atom stereocenters. The summed E-state index contributed by atoms with van der Waals surface area (Å²) in [7, 11) is 0. The number of carbonyl (C=O) groups is 1. The molecule has 1 heterocycles. The number of nitrogens with two attached hydrogens (primary N) is 2. The van der Waals surface area contributed by atoms with Crippen LogP contribution in [0.5, 0.6) is 0 Å². The second kappa shape index (κ2) is 6.29. The summed E-state index contributed by atoms with van der Waals surface area (Å²) in [5.74, 6) is 0.847. The predicted molar refractivity (Wildman–Crippen MR) is 80.7 cm³/mol. The van der Waals surface area contributed by atoms with Gasteiger partial charge in [0.2, 0.25) is 0 Å². The van der Waals surface area contributed by atoms with Crippen LogP contribution in [-0.4, -0.2) is 17.6 Å². The third kappa shape index (κ3) is 3.42. The molecule has 0 saturated heterocycles. The van der Waals surface area contributed by atoms with Crippen molar-refractivity contribution in [2.24, 2.45) is 16.5 Å². The van der Waals surface area contributed by atoms with E-state index in [0.717, 1.165) is 16.2 Å². The molecule has 0 aliphatic heterocycles. The second-order valence-corrected chi connectivity index (χ2v) is 5.30. The van der Waals surface area contributed by atoms with Gasteiger partial charge in [0.25, 0.3) is 0 Å². The molecule has 0 atom stereocenters. The molecule has 0 fully saturated rings. The molecule has 1 aromatic carbocycles. The van der Waals surface area contributed by atoms with Gasteiger partial charge >= 0.3 is 5.91 Å². The van der Waals surface area contributed by atoms with Gasteiger partial charge in [-0.05, 0) is 30.0 Å². The topological polar surface area (TPSA) is 94.6 Å². The van der Waals surface area contributed by atoms with Crippen LogP contribution in [0.3, 0.4) is 0 Å². The first-order valence-electron chi connectivity index (χ1n) is 6.07. The zero-order valence-corrected chi connectivity index (χ0v) is 11.8. The summed E-state index contributed by atoms with van der Waals surface area (Å²) in [6.07, 6.45) is 0. The van der Waals surface area contributed by atoms with Gasteiger partial charge in [0.1, 0.15) is 5.76 Å². The number of carbonyl (C=O) groups excluding carboxylic acids is 1. The molecule has 104 valence electrons. The maximum absolute atomic E-state index is 11.6. The Balaban J connectivity index is 2.26. The monoisotopic (exact) mass is 289 g/mol. The fraction of sp³-hybridized carbons (Fsp3) is 0.143. The summed E-state index contributed by atoms with van der Waals surface area (Å²) in [6.45, 7) is 2.09. The molecule has 4 N–H and O–H groups in total. The number of guanidine groups is 1. The van der Waals surface area contributed by atoms with Crippen molar-refractivity contribution in [3.05, 3.63) is 42.2 Å². The minimum Gasteiger partial charge on any atom is -0.451 e. The van der Waals surface area contributed by atoms with E-state index in [1.165, 1.54) is 0 Å². The van der Waals surface area contributed by atoms with Gasteiger partial charge in [-0.2, -0.15) is 4.99 Å². The number of aliphatic imine (C=N–C) groups is 1. The molecule has 6 heteroatoms. The van der Waals surface area contributed by atoms with Gasteiger partial charge in [-0.15, -0.1) is 11.8 Å². The third-order valence-corrected chi connectivity index (χ3v) is 3.35. The molecule has 0 spiro atoms. The quantitative estimate of drug-likeness (QED) is 0.512. The molecule has 0 aliphatic carbocycles. The van der Waals surface area contributed by atoms with Crippen LogP contribution in [0.15, 0.2) is 50.7 Å². The first kappa shape index (κ1) is 14.2. The number of hydrogen-bond acceptors (Lipinski definition) is 3. The van der Waals surface area contributed by atoms with Crippen LogP contribution in [0.4, 0.5) is 0 Å². The highest BCUT2D eigenvalue weighted by atomic mass is 32.2. The predicted octanol–water partition coefficient (Wildman–Crippen LogP) is 2.47.